The number of amides is 2. The molecular weight excluding hydrogens is 368 g/mol. The van der Waals surface area contributed by atoms with Crippen LogP contribution in [0.15, 0.2) is 34.6 Å². The maximum absolute atomic E-state index is 13.0. The van der Waals surface area contributed by atoms with Crippen LogP contribution in [0.25, 0.3) is 0 Å². The number of carbonyl (C=O) groups is 2. The van der Waals surface area contributed by atoms with Gasteiger partial charge in [-0.1, -0.05) is 24.5 Å². The lowest BCUT2D eigenvalue weighted by Crippen LogP contribution is -2.51. The lowest BCUT2D eigenvalue weighted by Gasteiger charge is -2.33. The van der Waals surface area contributed by atoms with Crippen LogP contribution in [0.2, 0.25) is 0 Å². The second-order valence-electron chi connectivity index (χ2n) is 8.51. The first-order valence-electron chi connectivity index (χ1n) is 10.6. The number of nitrogens with two attached hydrogens (primary N) is 1. The van der Waals surface area contributed by atoms with Crippen LogP contribution in [-0.4, -0.2) is 48.2 Å². The van der Waals surface area contributed by atoms with Crippen molar-refractivity contribution in [2.75, 3.05) is 13.6 Å². The Morgan fingerprint density at radius 3 is 2.31 bits per heavy atom. The molecule has 1 heterocycles. The largest absolute Gasteiger partial charge is 0.355 e. The topological polar surface area (TPSA) is 112 Å². The van der Waals surface area contributed by atoms with Gasteiger partial charge in [0.05, 0.1) is 12.6 Å². The molecule has 3 aliphatic rings. The van der Waals surface area contributed by atoms with Crippen molar-refractivity contribution in [1.29, 1.82) is 0 Å². The third-order valence-corrected chi connectivity index (χ3v) is 6.45. The Morgan fingerprint density at radius 1 is 1.10 bits per heavy atom. The number of hydrogen-bond donors (Lipinski definition) is 3. The van der Waals surface area contributed by atoms with Gasteiger partial charge in [0.25, 0.3) is 11.8 Å². The quantitative estimate of drug-likeness (QED) is 0.682. The molecule has 4 N–H and O–H groups in total. The average molecular weight is 399 g/mol. The van der Waals surface area contributed by atoms with Crippen LogP contribution in [0.5, 0.6) is 0 Å². The van der Waals surface area contributed by atoms with E-state index in [1.165, 1.54) is 19.3 Å². The molecule has 1 aromatic rings. The number of nitrogens with zero attached hydrogens (tertiary/aromatic N) is 3. The highest BCUT2D eigenvalue weighted by molar-refractivity contribution is 5.97. The van der Waals surface area contributed by atoms with E-state index in [-0.39, 0.29) is 29.6 Å². The number of benzene rings is 1. The smallest absolute Gasteiger partial charge is 0.251 e. The Labute approximate surface area is 171 Å². The third-order valence-electron chi connectivity index (χ3n) is 6.45. The molecule has 0 bridgehead atoms. The van der Waals surface area contributed by atoms with Crippen molar-refractivity contribution in [3.8, 4) is 0 Å². The number of nitrogens with one attached hydrogen (secondary N) is 2. The molecule has 1 aromatic carbocycles. The average Bonchev–Trinajstić information content (AvgIpc) is 3.32. The fourth-order valence-electron chi connectivity index (χ4n) is 4.39. The van der Waals surface area contributed by atoms with Crippen molar-refractivity contribution in [3.05, 3.63) is 35.4 Å². The minimum Gasteiger partial charge on any atom is -0.355 e. The van der Waals surface area contributed by atoms with Gasteiger partial charge in [0.2, 0.25) is 0 Å². The lowest BCUT2D eigenvalue weighted by molar-refractivity contribution is 0.0894. The summed E-state index contributed by atoms with van der Waals surface area (Å²) >= 11 is 0. The Hall–Kier alpha value is -2.48. The summed E-state index contributed by atoms with van der Waals surface area (Å²) in [7, 11) is 1.59. The zero-order chi connectivity index (χ0) is 20.4. The lowest BCUT2D eigenvalue weighted by atomic mass is 9.81. The summed E-state index contributed by atoms with van der Waals surface area (Å²) in [6.45, 7) is 0.660. The highest BCUT2D eigenvalue weighted by atomic mass is 16.2. The summed E-state index contributed by atoms with van der Waals surface area (Å²) in [5.41, 5.74) is 7.03. The molecular formula is C21H30N6O2. The number of hydrogen-bond acceptors (Lipinski definition) is 6. The van der Waals surface area contributed by atoms with Crippen LogP contribution in [-0.2, 0) is 0 Å². The third kappa shape index (κ3) is 4.27. The Kier molecular flexibility index (Phi) is 5.54. The second kappa shape index (κ2) is 8.10. The molecule has 0 saturated heterocycles. The van der Waals surface area contributed by atoms with Crippen LogP contribution in [0.1, 0.15) is 65.7 Å². The fraction of sp³-hybridized carbons (Fsp3) is 0.619. The van der Waals surface area contributed by atoms with Gasteiger partial charge in [-0.3, -0.25) is 14.6 Å². The SMILES string of the molecule is CNC(=O)c1ccc(C(=O)N[C@@H](C2CCCCC2)C2CN(C3(N)CC3)N=N2)cc1. The van der Waals surface area contributed by atoms with Crippen LogP contribution in [0.4, 0.5) is 0 Å². The molecule has 2 atom stereocenters. The summed E-state index contributed by atoms with van der Waals surface area (Å²) in [4.78, 5) is 24.7. The molecule has 2 saturated carbocycles. The van der Waals surface area contributed by atoms with Crippen molar-refractivity contribution in [3.63, 3.8) is 0 Å². The second-order valence-corrected chi connectivity index (χ2v) is 8.51. The maximum Gasteiger partial charge on any atom is 0.251 e. The van der Waals surface area contributed by atoms with Gasteiger partial charge >= 0.3 is 0 Å². The van der Waals surface area contributed by atoms with Crippen LogP contribution in [0, 0.1) is 5.92 Å². The van der Waals surface area contributed by atoms with Gasteiger partial charge in [-0.15, -0.1) is 0 Å². The first-order chi connectivity index (χ1) is 14.0. The molecule has 0 spiro atoms. The molecule has 4 rings (SSSR count). The molecule has 156 valence electrons. The van der Waals surface area contributed by atoms with Crippen molar-refractivity contribution in [1.82, 2.24) is 15.6 Å². The van der Waals surface area contributed by atoms with E-state index in [1.807, 2.05) is 5.01 Å². The van der Waals surface area contributed by atoms with E-state index >= 15 is 0 Å². The van der Waals surface area contributed by atoms with Crippen molar-refractivity contribution in [2.24, 2.45) is 22.0 Å². The normalized spacial score (nSPS) is 24.2. The predicted octanol–water partition coefficient (Wildman–Crippen LogP) is 2.23. The van der Waals surface area contributed by atoms with Crippen molar-refractivity contribution < 1.29 is 9.59 Å². The summed E-state index contributed by atoms with van der Waals surface area (Å²) in [5.74, 6) is 0.0977. The summed E-state index contributed by atoms with van der Waals surface area (Å²) in [5, 5.41) is 16.5. The van der Waals surface area contributed by atoms with Crippen molar-refractivity contribution in [2.45, 2.75) is 62.7 Å². The van der Waals surface area contributed by atoms with E-state index < -0.39 is 0 Å². The molecule has 0 aromatic heterocycles. The van der Waals surface area contributed by atoms with E-state index in [1.54, 1.807) is 31.3 Å². The molecule has 8 heteroatoms. The van der Waals surface area contributed by atoms with E-state index in [0.717, 1.165) is 25.7 Å². The summed E-state index contributed by atoms with van der Waals surface area (Å²) in [6.07, 6.45) is 7.70. The van der Waals surface area contributed by atoms with Crippen LogP contribution >= 0.6 is 0 Å². The zero-order valence-corrected chi connectivity index (χ0v) is 16.9. The molecule has 1 aliphatic heterocycles. The van der Waals surface area contributed by atoms with Gasteiger partial charge in [-0.25, -0.2) is 0 Å². The zero-order valence-electron chi connectivity index (χ0n) is 16.9. The highest BCUT2D eigenvalue weighted by Crippen LogP contribution is 2.39. The van der Waals surface area contributed by atoms with Gasteiger partial charge in [0, 0.05) is 18.2 Å². The first kappa shape index (κ1) is 19.8. The standard InChI is InChI=1S/C21H30N6O2/c1-23-19(28)15-7-9-16(10-8-15)20(29)24-18(14-5-3-2-4-6-14)17-13-27(26-25-17)21(22)11-12-21/h7-10,14,17-18H,2-6,11-13,22H2,1H3,(H,23,28)(H,24,29)/t17?,18-/m0/s1. The Morgan fingerprint density at radius 2 is 1.72 bits per heavy atom. The van der Waals surface area contributed by atoms with Gasteiger partial charge in [-0.05, 0) is 55.9 Å². The van der Waals surface area contributed by atoms with Gasteiger partial charge in [-0.2, -0.15) is 5.11 Å². The summed E-state index contributed by atoms with van der Waals surface area (Å²) in [6, 6.07) is 6.60. The predicted molar refractivity (Wildman–Crippen MR) is 109 cm³/mol. The minimum atomic E-state index is -0.338. The monoisotopic (exact) mass is 398 g/mol. The van der Waals surface area contributed by atoms with E-state index in [4.69, 9.17) is 5.73 Å². The van der Waals surface area contributed by atoms with Gasteiger partial charge in [0.15, 0.2) is 0 Å². The molecule has 2 fully saturated rings. The minimum absolute atomic E-state index is 0.0579. The molecule has 1 unspecified atom stereocenters. The van der Waals surface area contributed by atoms with E-state index in [0.29, 0.717) is 23.6 Å². The Bertz CT molecular complexity index is 783. The van der Waals surface area contributed by atoms with Crippen LogP contribution < -0.4 is 16.4 Å². The van der Waals surface area contributed by atoms with E-state index in [9.17, 15) is 9.59 Å². The highest BCUT2D eigenvalue weighted by Gasteiger charge is 2.48. The Balaban J connectivity index is 1.47. The molecule has 0 radical (unpaired) electrons. The maximum atomic E-state index is 13.0. The molecule has 2 aliphatic carbocycles. The van der Waals surface area contributed by atoms with Crippen molar-refractivity contribution >= 4 is 11.8 Å². The van der Waals surface area contributed by atoms with E-state index in [2.05, 4.69) is 21.0 Å². The molecule has 29 heavy (non-hydrogen) atoms. The fourth-order valence-corrected chi connectivity index (χ4v) is 4.39. The summed E-state index contributed by atoms with van der Waals surface area (Å²) < 4.78 is 0. The molecule has 2 amide bonds. The van der Waals surface area contributed by atoms with Crippen LogP contribution in [0.3, 0.4) is 0 Å². The number of rotatable bonds is 6. The molecule has 8 nitrogen and oxygen atoms in total. The van der Waals surface area contributed by atoms with Gasteiger partial charge in [0.1, 0.15) is 11.7 Å². The number of carbonyl (C=O) groups excluding carboxylic acids is 2. The first-order valence-corrected chi connectivity index (χ1v) is 10.6. The van der Waals surface area contributed by atoms with Gasteiger partial charge < -0.3 is 16.4 Å².